The standard InChI is InChI=1S/C10H21O5P/c1-3-8-14-10(2)7-5-4-6-9-15-16(11,12)13/h3,8,10H,4-7,9H2,1-2H3,(H2,11,12,13). The van der Waals surface area contributed by atoms with E-state index < -0.39 is 7.82 Å². The SMILES string of the molecule is CC=COC(C)CCCCCOP(=O)(O)O. The maximum absolute atomic E-state index is 10.3. The molecule has 0 amide bonds. The lowest BCUT2D eigenvalue weighted by molar-refractivity contribution is 0.147. The molecule has 0 fully saturated rings. The second kappa shape index (κ2) is 8.76. The molecule has 0 saturated carbocycles. The summed E-state index contributed by atoms with van der Waals surface area (Å²) in [7, 11) is -4.28. The highest BCUT2D eigenvalue weighted by molar-refractivity contribution is 7.46. The Morgan fingerprint density at radius 3 is 2.56 bits per heavy atom. The number of rotatable bonds is 9. The molecule has 0 radical (unpaired) electrons. The Kier molecular flexibility index (Phi) is 8.57. The second-order valence-corrected chi connectivity index (χ2v) is 4.83. The first-order chi connectivity index (χ1) is 7.45. The molecule has 1 unspecified atom stereocenters. The zero-order chi connectivity index (χ0) is 12.4. The summed E-state index contributed by atoms with van der Waals surface area (Å²) in [6, 6.07) is 0. The van der Waals surface area contributed by atoms with Crippen LogP contribution >= 0.6 is 7.82 Å². The number of phosphoric acid groups is 1. The average Bonchev–Trinajstić information content (AvgIpc) is 2.18. The van der Waals surface area contributed by atoms with Crippen molar-refractivity contribution >= 4 is 7.82 Å². The predicted molar refractivity (Wildman–Crippen MR) is 61.8 cm³/mol. The highest BCUT2D eigenvalue weighted by Crippen LogP contribution is 2.35. The van der Waals surface area contributed by atoms with Crippen LogP contribution < -0.4 is 0 Å². The van der Waals surface area contributed by atoms with Gasteiger partial charge in [-0.3, -0.25) is 4.52 Å². The third-order valence-corrected chi connectivity index (χ3v) is 2.48. The van der Waals surface area contributed by atoms with Crippen LogP contribution in [0.2, 0.25) is 0 Å². The van der Waals surface area contributed by atoms with Crippen molar-refractivity contribution in [1.29, 1.82) is 0 Å². The molecule has 5 nitrogen and oxygen atoms in total. The Bertz CT molecular complexity index is 235. The van der Waals surface area contributed by atoms with Crippen molar-refractivity contribution in [2.75, 3.05) is 6.61 Å². The van der Waals surface area contributed by atoms with Crippen LogP contribution in [-0.4, -0.2) is 22.5 Å². The van der Waals surface area contributed by atoms with Crippen LogP contribution in [0.5, 0.6) is 0 Å². The van der Waals surface area contributed by atoms with Gasteiger partial charge < -0.3 is 14.5 Å². The molecule has 0 heterocycles. The summed E-state index contributed by atoms with van der Waals surface area (Å²) in [6.45, 7) is 3.99. The Balaban J connectivity index is 3.30. The van der Waals surface area contributed by atoms with Crippen molar-refractivity contribution in [3.63, 3.8) is 0 Å². The van der Waals surface area contributed by atoms with E-state index in [1.54, 1.807) is 6.26 Å². The third-order valence-electron chi connectivity index (χ3n) is 1.96. The predicted octanol–water partition coefficient (Wildman–Crippen LogP) is 2.59. The Morgan fingerprint density at radius 2 is 2.00 bits per heavy atom. The maximum atomic E-state index is 10.3. The van der Waals surface area contributed by atoms with Crippen LogP contribution in [0.3, 0.4) is 0 Å². The van der Waals surface area contributed by atoms with Crippen LogP contribution in [0.15, 0.2) is 12.3 Å². The number of hydrogen-bond acceptors (Lipinski definition) is 3. The van der Waals surface area contributed by atoms with E-state index in [9.17, 15) is 4.57 Å². The molecule has 0 aromatic rings. The Hall–Kier alpha value is -0.350. The lowest BCUT2D eigenvalue weighted by atomic mass is 10.1. The Morgan fingerprint density at radius 1 is 1.31 bits per heavy atom. The molecular formula is C10H21O5P. The summed E-state index contributed by atoms with van der Waals surface area (Å²) >= 11 is 0. The molecule has 1 atom stereocenters. The first-order valence-corrected chi connectivity index (χ1v) is 6.95. The van der Waals surface area contributed by atoms with Crippen LogP contribution in [0, 0.1) is 0 Å². The fraction of sp³-hybridized carbons (Fsp3) is 0.800. The summed E-state index contributed by atoms with van der Waals surface area (Å²) in [5.74, 6) is 0. The van der Waals surface area contributed by atoms with Gasteiger partial charge in [-0.15, -0.1) is 0 Å². The van der Waals surface area contributed by atoms with Crippen molar-refractivity contribution in [3.05, 3.63) is 12.3 Å². The van der Waals surface area contributed by atoms with Crippen LogP contribution in [0.4, 0.5) is 0 Å². The third kappa shape index (κ3) is 11.7. The summed E-state index contributed by atoms with van der Waals surface area (Å²) < 4.78 is 20.0. The van der Waals surface area contributed by atoms with E-state index in [1.165, 1.54) is 0 Å². The molecule has 16 heavy (non-hydrogen) atoms. The minimum absolute atomic E-state index is 0.106. The van der Waals surface area contributed by atoms with Gasteiger partial charge in [-0.25, -0.2) is 4.57 Å². The quantitative estimate of drug-likeness (QED) is 0.375. The van der Waals surface area contributed by atoms with E-state index in [0.29, 0.717) is 6.42 Å². The summed E-state index contributed by atoms with van der Waals surface area (Å²) in [4.78, 5) is 16.8. The van der Waals surface area contributed by atoms with Crippen molar-refractivity contribution in [2.24, 2.45) is 0 Å². The largest absolute Gasteiger partial charge is 0.499 e. The fourth-order valence-corrected chi connectivity index (χ4v) is 1.54. The Labute approximate surface area is 96.7 Å². The van der Waals surface area contributed by atoms with Crippen molar-refractivity contribution in [3.8, 4) is 0 Å². The lowest BCUT2D eigenvalue weighted by Crippen LogP contribution is -2.03. The van der Waals surface area contributed by atoms with Gasteiger partial charge in [0.05, 0.1) is 19.0 Å². The number of unbranched alkanes of at least 4 members (excludes halogenated alkanes) is 2. The summed E-state index contributed by atoms with van der Waals surface area (Å²) in [6.07, 6.45) is 7.11. The lowest BCUT2D eigenvalue weighted by Gasteiger charge is -2.10. The van der Waals surface area contributed by atoms with Crippen LogP contribution in [0.1, 0.15) is 39.5 Å². The van der Waals surface area contributed by atoms with Crippen molar-refractivity contribution in [1.82, 2.24) is 0 Å². The van der Waals surface area contributed by atoms with Gasteiger partial charge in [0.2, 0.25) is 0 Å². The summed E-state index contributed by atoms with van der Waals surface area (Å²) in [5.41, 5.74) is 0. The van der Waals surface area contributed by atoms with Gasteiger partial charge in [0.15, 0.2) is 0 Å². The van der Waals surface area contributed by atoms with Crippen LogP contribution in [0.25, 0.3) is 0 Å². The molecule has 0 aromatic heterocycles. The molecule has 0 aromatic carbocycles. The molecule has 0 aliphatic heterocycles. The number of hydrogen-bond donors (Lipinski definition) is 2. The first kappa shape index (κ1) is 15.7. The number of allylic oxidation sites excluding steroid dienone is 1. The molecule has 0 aliphatic rings. The minimum atomic E-state index is -4.28. The highest BCUT2D eigenvalue weighted by atomic mass is 31.2. The topological polar surface area (TPSA) is 76.0 Å². The van der Waals surface area contributed by atoms with Crippen molar-refractivity contribution in [2.45, 2.75) is 45.6 Å². The van der Waals surface area contributed by atoms with E-state index in [4.69, 9.17) is 14.5 Å². The van der Waals surface area contributed by atoms with Crippen LogP contribution in [-0.2, 0) is 13.8 Å². The molecule has 2 N–H and O–H groups in total. The molecule has 0 rings (SSSR count). The first-order valence-electron chi connectivity index (χ1n) is 5.42. The molecule has 6 heteroatoms. The average molecular weight is 252 g/mol. The van der Waals surface area contributed by atoms with E-state index in [-0.39, 0.29) is 12.7 Å². The van der Waals surface area contributed by atoms with E-state index in [1.807, 2.05) is 19.9 Å². The molecule has 0 bridgehead atoms. The molecule has 0 aliphatic carbocycles. The van der Waals surface area contributed by atoms with Gasteiger partial charge in [0.1, 0.15) is 0 Å². The maximum Gasteiger partial charge on any atom is 0.469 e. The fourth-order valence-electron chi connectivity index (χ4n) is 1.17. The van der Waals surface area contributed by atoms with E-state index in [0.717, 1.165) is 19.3 Å². The molecule has 0 spiro atoms. The number of phosphoric ester groups is 1. The molecule has 0 saturated heterocycles. The van der Waals surface area contributed by atoms with Gasteiger partial charge in [-0.2, -0.15) is 0 Å². The summed E-state index contributed by atoms with van der Waals surface area (Å²) in [5, 5.41) is 0. The molecular weight excluding hydrogens is 231 g/mol. The van der Waals surface area contributed by atoms with E-state index >= 15 is 0 Å². The molecule has 96 valence electrons. The zero-order valence-electron chi connectivity index (χ0n) is 9.83. The second-order valence-electron chi connectivity index (χ2n) is 3.59. The minimum Gasteiger partial charge on any atom is -0.499 e. The van der Waals surface area contributed by atoms with Crippen molar-refractivity contribution < 1.29 is 23.6 Å². The number of ether oxygens (including phenoxy) is 1. The van der Waals surface area contributed by atoms with Gasteiger partial charge in [-0.05, 0) is 33.1 Å². The highest BCUT2D eigenvalue weighted by Gasteiger charge is 2.12. The van der Waals surface area contributed by atoms with Gasteiger partial charge in [0, 0.05) is 0 Å². The van der Waals surface area contributed by atoms with Gasteiger partial charge in [0.25, 0.3) is 0 Å². The monoisotopic (exact) mass is 252 g/mol. The van der Waals surface area contributed by atoms with E-state index in [2.05, 4.69) is 4.52 Å². The smallest absolute Gasteiger partial charge is 0.469 e. The zero-order valence-corrected chi connectivity index (χ0v) is 10.7. The van der Waals surface area contributed by atoms with Gasteiger partial charge >= 0.3 is 7.82 Å². The van der Waals surface area contributed by atoms with Gasteiger partial charge in [-0.1, -0.05) is 12.5 Å². The normalized spacial score (nSPS) is 14.2.